The molecule has 0 aliphatic heterocycles. The van der Waals surface area contributed by atoms with E-state index in [9.17, 15) is 8.78 Å². The maximum Gasteiger partial charge on any atom is 0.127 e. The number of nitrogens with one attached hydrogen (secondary N) is 1. The van der Waals surface area contributed by atoms with E-state index < -0.39 is 0 Å². The molecule has 106 valence electrons. The Kier molecular flexibility index (Phi) is 5.10. The van der Waals surface area contributed by atoms with Gasteiger partial charge in [-0.25, -0.2) is 8.78 Å². The van der Waals surface area contributed by atoms with Gasteiger partial charge in [0.1, 0.15) is 11.6 Å². The Labute approximate surface area is 122 Å². The summed E-state index contributed by atoms with van der Waals surface area (Å²) in [5, 5.41) is 3.69. The molecule has 0 aliphatic rings. The number of likely N-dealkylation sites (N-methyl/N-ethyl adjacent to an activating group) is 1. The lowest BCUT2D eigenvalue weighted by Gasteiger charge is -2.19. The molecule has 2 aromatic rings. The van der Waals surface area contributed by atoms with Crippen LogP contribution >= 0.6 is 11.6 Å². The van der Waals surface area contributed by atoms with Crippen molar-refractivity contribution >= 4 is 11.6 Å². The van der Waals surface area contributed by atoms with Gasteiger partial charge in [0.05, 0.1) is 0 Å². The van der Waals surface area contributed by atoms with Crippen molar-refractivity contribution in [1.82, 2.24) is 5.32 Å². The highest BCUT2D eigenvalue weighted by Crippen LogP contribution is 2.26. The van der Waals surface area contributed by atoms with Crippen molar-refractivity contribution in [3.8, 4) is 0 Å². The molecule has 0 spiro atoms. The maximum atomic E-state index is 13.9. The highest BCUT2D eigenvalue weighted by atomic mass is 35.5. The van der Waals surface area contributed by atoms with Crippen LogP contribution in [0.4, 0.5) is 8.78 Å². The number of benzene rings is 2. The topological polar surface area (TPSA) is 12.0 Å². The zero-order chi connectivity index (χ0) is 14.5. The predicted molar refractivity (Wildman–Crippen MR) is 77.9 cm³/mol. The summed E-state index contributed by atoms with van der Waals surface area (Å²) in [6.07, 6.45) is 0.422. The smallest absolute Gasteiger partial charge is 0.127 e. The molecule has 0 amide bonds. The van der Waals surface area contributed by atoms with Crippen LogP contribution in [0.3, 0.4) is 0 Å². The van der Waals surface area contributed by atoms with Crippen molar-refractivity contribution in [3.63, 3.8) is 0 Å². The molecule has 1 unspecified atom stereocenters. The van der Waals surface area contributed by atoms with Crippen LogP contribution < -0.4 is 5.32 Å². The van der Waals surface area contributed by atoms with Crippen LogP contribution in [0.25, 0.3) is 0 Å². The molecule has 0 aromatic heterocycles. The van der Waals surface area contributed by atoms with Crippen LogP contribution in [-0.2, 0) is 6.42 Å². The Balaban J connectivity index is 2.28. The second kappa shape index (κ2) is 6.82. The summed E-state index contributed by atoms with van der Waals surface area (Å²) < 4.78 is 26.8. The first-order valence-corrected chi connectivity index (χ1v) is 6.91. The van der Waals surface area contributed by atoms with Crippen molar-refractivity contribution in [2.45, 2.75) is 19.4 Å². The van der Waals surface area contributed by atoms with Crippen LogP contribution in [0, 0.1) is 11.6 Å². The monoisotopic (exact) mass is 295 g/mol. The van der Waals surface area contributed by atoms with E-state index in [4.69, 9.17) is 11.6 Å². The minimum absolute atomic E-state index is 0.102. The van der Waals surface area contributed by atoms with E-state index in [-0.39, 0.29) is 17.7 Å². The third kappa shape index (κ3) is 3.56. The Hall–Kier alpha value is -1.45. The van der Waals surface area contributed by atoms with Gasteiger partial charge in [-0.15, -0.1) is 0 Å². The van der Waals surface area contributed by atoms with Crippen LogP contribution in [0.1, 0.15) is 24.1 Å². The lowest BCUT2D eigenvalue weighted by molar-refractivity contribution is 0.526. The van der Waals surface area contributed by atoms with Crippen molar-refractivity contribution in [1.29, 1.82) is 0 Å². The Morgan fingerprint density at radius 2 is 1.80 bits per heavy atom. The first-order valence-electron chi connectivity index (χ1n) is 6.53. The van der Waals surface area contributed by atoms with Crippen molar-refractivity contribution in [3.05, 3.63) is 70.2 Å². The van der Waals surface area contributed by atoms with Gasteiger partial charge in [-0.05, 0) is 42.8 Å². The third-order valence-corrected chi connectivity index (χ3v) is 3.55. The standard InChI is InChI=1S/C16H16ClF2N/c1-2-20-16(11-6-8-12(18)9-7-11)10-13-14(17)4-3-5-15(13)19/h3-9,16,20H,2,10H2,1H3. The average molecular weight is 296 g/mol. The Morgan fingerprint density at radius 1 is 1.10 bits per heavy atom. The summed E-state index contributed by atoms with van der Waals surface area (Å²) in [6, 6.07) is 10.8. The molecular formula is C16H16ClF2N. The van der Waals surface area contributed by atoms with Crippen molar-refractivity contribution < 1.29 is 8.78 Å². The first kappa shape index (κ1) is 14.9. The molecule has 1 N–H and O–H groups in total. The lowest BCUT2D eigenvalue weighted by atomic mass is 9.98. The quantitative estimate of drug-likeness (QED) is 0.855. The molecule has 2 rings (SSSR count). The van der Waals surface area contributed by atoms with Gasteiger partial charge < -0.3 is 5.32 Å². The molecule has 0 aliphatic carbocycles. The zero-order valence-electron chi connectivity index (χ0n) is 11.2. The summed E-state index contributed by atoms with van der Waals surface area (Å²) in [5.74, 6) is -0.601. The zero-order valence-corrected chi connectivity index (χ0v) is 11.9. The molecule has 1 nitrogen and oxygen atoms in total. The SMILES string of the molecule is CCNC(Cc1c(F)cccc1Cl)c1ccc(F)cc1. The van der Waals surface area contributed by atoms with E-state index in [0.29, 0.717) is 17.0 Å². The van der Waals surface area contributed by atoms with Crippen molar-refractivity contribution in [2.24, 2.45) is 0 Å². The molecular weight excluding hydrogens is 280 g/mol. The molecule has 0 radical (unpaired) electrons. The van der Waals surface area contributed by atoms with Crippen molar-refractivity contribution in [2.75, 3.05) is 6.54 Å². The third-order valence-electron chi connectivity index (χ3n) is 3.19. The van der Waals surface area contributed by atoms with E-state index >= 15 is 0 Å². The summed E-state index contributed by atoms with van der Waals surface area (Å²) in [4.78, 5) is 0. The van der Waals surface area contributed by atoms with Gasteiger partial charge in [0.25, 0.3) is 0 Å². The fourth-order valence-electron chi connectivity index (χ4n) is 2.18. The summed E-state index contributed by atoms with van der Waals surface area (Å²) in [7, 11) is 0. The second-order valence-corrected chi connectivity index (χ2v) is 4.97. The number of halogens is 3. The van der Waals surface area contributed by atoms with Crippen LogP contribution in [0.15, 0.2) is 42.5 Å². The van der Waals surface area contributed by atoms with Crippen LogP contribution in [0.5, 0.6) is 0 Å². The van der Waals surface area contributed by atoms with Crippen LogP contribution in [-0.4, -0.2) is 6.54 Å². The van der Waals surface area contributed by atoms with Gasteiger partial charge in [0.15, 0.2) is 0 Å². The molecule has 4 heteroatoms. The number of hydrogen-bond donors (Lipinski definition) is 1. The number of rotatable bonds is 5. The first-order chi connectivity index (χ1) is 9.61. The fourth-order valence-corrected chi connectivity index (χ4v) is 2.42. The molecule has 0 saturated heterocycles. The van der Waals surface area contributed by atoms with Gasteiger partial charge in [0.2, 0.25) is 0 Å². The molecule has 0 heterocycles. The van der Waals surface area contributed by atoms with E-state index in [2.05, 4.69) is 5.32 Å². The molecule has 20 heavy (non-hydrogen) atoms. The van der Waals surface area contributed by atoms with E-state index in [1.807, 2.05) is 6.92 Å². The maximum absolute atomic E-state index is 13.9. The van der Waals surface area contributed by atoms with Gasteiger partial charge in [-0.1, -0.05) is 36.7 Å². The largest absolute Gasteiger partial charge is 0.310 e. The normalized spacial score (nSPS) is 12.4. The predicted octanol–water partition coefficient (Wildman–Crippen LogP) is 4.51. The molecule has 1 atom stereocenters. The fraction of sp³-hybridized carbons (Fsp3) is 0.250. The van der Waals surface area contributed by atoms with E-state index in [1.165, 1.54) is 18.2 Å². The molecule has 0 fully saturated rings. The minimum atomic E-state index is -0.317. The van der Waals surface area contributed by atoms with E-state index in [1.54, 1.807) is 24.3 Å². The highest BCUT2D eigenvalue weighted by molar-refractivity contribution is 6.31. The van der Waals surface area contributed by atoms with Gasteiger partial charge in [-0.3, -0.25) is 0 Å². The summed E-state index contributed by atoms with van der Waals surface area (Å²) in [6.45, 7) is 2.70. The Morgan fingerprint density at radius 3 is 2.40 bits per heavy atom. The highest BCUT2D eigenvalue weighted by Gasteiger charge is 2.16. The molecule has 0 saturated carbocycles. The minimum Gasteiger partial charge on any atom is -0.310 e. The average Bonchev–Trinajstić information content (AvgIpc) is 2.43. The number of hydrogen-bond acceptors (Lipinski definition) is 1. The van der Waals surface area contributed by atoms with Gasteiger partial charge in [-0.2, -0.15) is 0 Å². The lowest BCUT2D eigenvalue weighted by Crippen LogP contribution is -2.23. The van der Waals surface area contributed by atoms with Gasteiger partial charge in [0, 0.05) is 16.6 Å². The molecule has 2 aromatic carbocycles. The van der Waals surface area contributed by atoms with E-state index in [0.717, 1.165) is 12.1 Å². The summed E-state index contributed by atoms with van der Waals surface area (Å²) in [5.41, 5.74) is 1.39. The summed E-state index contributed by atoms with van der Waals surface area (Å²) >= 11 is 6.06. The second-order valence-electron chi connectivity index (χ2n) is 4.57. The molecule has 0 bridgehead atoms. The van der Waals surface area contributed by atoms with Gasteiger partial charge >= 0.3 is 0 Å². The van der Waals surface area contributed by atoms with Crippen LogP contribution in [0.2, 0.25) is 5.02 Å². The Bertz CT molecular complexity index is 549.